The van der Waals surface area contributed by atoms with Crippen LogP contribution in [0.4, 0.5) is 0 Å². The first-order valence-electron chi connectivity index (χ1n) is 3.17. The summed E-state index contributed by atoms with van der Waals surface area (Å²) in [6.45, 7) is 5.98. The van der Waals surface area contributed by atoms with E-state index in [-0.39, 0.29) is 62.7 Å². The number of hydrogen-bond acceptors (Lipinski definition) is 5. The second-order valence-corrected chi connectivity index (χ2v) is 3.89. The third-order valence-corrected chi connectivity index (χ3v) is 1.90. The summed E-state index contributed by atoms with van der Waals surface area (Å²) in [6, 6.07) is 0. The Hall–Kier alpha value is 0.756. The number of carbonyl (C=O) groups is 1. The van der Waals surface area contributed by atoms with E-state index in [4.69, 9.17) is 0 Å². The first kappa shape index (κ1) is 16.2. The fourth-order valence-electron chi connectivity index (χ4n) is 0.202. The van der Waals surface area contributed by atoms with Crippen molar-refractivity contribution >= 4 is 67.5 Å². The third kappa shape index (κ3) is 7.80. The SMILES string of the molecule is C=C(C)C(=O)OOS(=O)(=O)CC.[KH]. The molecule has 0 aromatic carbocycles. The van der Waals surface area contributed by atoms with Crippen LogP contribution in [-0.2, 0) is 24.1 Å². The fourth-order valence-corrected chi connectivity index (χ4v) is 0.464. The molecule has 7 heteroatoms. The van der Waals surface area contributed by atoms with Crippen LogP contribution in [0.3, 0.4) is 0 Å². The number of hydrogen-bond donors (Lipinski definition) is 0. The van der Waals surface area contributed by atoms with Crippen LogP contribution in [0.25, 0.3) is 0 Å². The zero-order valence-corrected chi connectivity index (χ0v) is 7.68. The summed E-state index contributed by atoms with van der Waals surface area (Å²) in [5, 5.41) is 0. The van der Waals surface area contributed by atoms with Crippen molar-refractivity contribution in [3.05, 3.63) is 12.2 Å². The monoisotopic (exact) mass is 234 g/mol. The summed E-state index contributed by atoms with van der Waals surface area (Å²) in [5.74, 6) is -1.15. The first-order valence-corrected chi connectivity index (χ1v) is 4.75. The van der Waals surface area contributed by atoms with E-state index in [1.54, 1.807) is 0 Å². The standard InChI is InChI=1S/C6H10O5S.K.H/c1-4-12(8,9)11-10-6(7)5(2)3;;/h2,4H2,1,3H3;;. The number of rotatable bonds is 4. The summed E-state index contributed by atoms with van der Waals surface area (Å²) in [5.41, 5.74) is 0.0707. The quantitative estimate of drug-likeness (QED) is 0.290. The summed E-state index contributed by atoms with van der Waals surface area (Å²) in [7, 11) is -3.73. The maximum absolute atomic E-state index is 10.6. The van der Waals surface area contributed by atoms with Crippen LogP contribution < -0.4 is 0 Å². The minimum absolute atomic E-state index is 0. The molecule has 0 unspecified atom stereocenters. The Morgan fingerprint density at radius 3 is 2.23 bits per heavy atom. The predicted molar refractivity (Wildman–Crippen MR) is 48.6 cm³/mol. The van der Waals surface area contributed by atoms with Crippen LogP contribution in [0, 0.1) is 0 Å². The van der Waals surface area contributed by atoms with E-state index in [9.17, 15) is 13.2 Å². The summed E-state index contributed by atoms with van der Waals surface area (Å²) < 4.78 is 25.1. The fraction of sp³-hybridized carbons (Fsp3) is 0.500. The van der Waals surface area contributed by atoms with Crippen LogP contribution in [0.15, 0.2) is 12.2 Å². The third-order valence-electron chi connectivity index (χ3n) is 0.915. The molecule has 0 aromatic rings. The molecular formula is C6H11KO5S. The van der Waals surface area contributed by atoms with Gasteiger partial charge in [-0.3, -0.25) is 4.89 Å². The Bertz CT molecular complexity index is 281. The van der Waals surface area contributed by atoms with Crippen molar-refractivity contribution in [1.29, 1.82) is 0 Å². The van der Waals surface area contributed by atoms with Crippen molar-refractivity contribution in [2.75, 3.05) is 5.75 Å². The second kappa shape index (κ2) is 7.10. The molecule has 0 N–H and O–H groups in total. The molecule has 0 amide bonds. The molecule has 0 radical (unpaired) electrons. The van der Waals surface area contributed by atoms with Gasteiger partial charge in [-0.05, 0) is 13.8 Å². The molecule has 0 bridgehead atoms. The van der Waals surface area contributed by atoms with E-state index >= 15 is 0 Å². The molecular weight excluding hydrogens is 223 g/mol. The minimum atomic E-state index is -3.73. The summed E-state index contributed by atoms with van der Waals surface area (Å²) in [4.78, 5) is 14.5. The average Bonchev–Trinajstić information content (AvgIpc) is 2.00. The van der Waals surface area contributed by atoms with Gasteiger partial charge in [-0.2, -0.15) is 8.42 Å². The average molecular weight is 234 g/mol. The van der Waals surface area contributed by atoms with Gasteiger partial charge in [-0.25, -0.2) is 4.79 Å². The van der Waals surface area contributed by atoms with Crippen molar-refractivity contribution in [3.8, 4) is 0 Å². The molecule has 5 nitrogen and oxygen atoms in total. The van der Waals surface area contributed by atoms with Crippen LogP contribution in [-0.4, -0.2) is 71.5 Å². The summed E-state index contributed by atoms with van der Waals surface area (Å²) >= 11 is 0. The topological polar surface area (TPSA) is 69.7 Å². The Labute approximate surface area is 120 Å². The van der Waals surface area contributed by atoms with E-state index in [1.165, 1.54) is 13.8 Å². The van der Waals surface area contributed by atoms with Crippen LogP contribution in [0.2, 0.25) is 0 Å². The molecule has 0 atom stereocenters. The molecule has 0 aliphatic carbocycles. The second-order valence-electron chi connectivity index (χ2n) is 2.07. The zero-order chi connectivity index (χ0) is 9.78. The number of carbonyl (C=O) groups excluding carboxylic acids is 1. The Kier molecular flexibility index (Phi) is 8.85. The summed E-state index contributed by atoms with van der Waals surface area (Å²) in [6.07, 6.45) is 0. The van der Waals surface area contributed by atoms with Gasteiger partial charge < -0.3 is 0 Å². The van der Waals surface area contributed by atoms with E-state index < -0.39 is 16.1 Å². The Balaban J connectivity index is 0. The molecule has 0 saturated carbocycles. The van der Waals surface area contributed by atoms with Gasteiger partial charge in [0.15, 0.2) is 0 Å². The Morgan fingerprint density at radius 2 is 1.92 bits per heavy atom. The molecule has 0 aliphatic rings. The van der Waals surface area contributed by atoms with Gasteiger partial charge in [0.2, 0.25) is 0 Å². The van der Waals surface area contributed by atoms with Crippen molar-refractivity contribution in [1.82, 2.24) is 0 Å². The van der Waals surface area contributed by atoms with Gasteiger partial charge in [0.05, 0.1) is 5.75 Å². The van der Waals surface area contributed by atoms with E-state index in [2.05, 4.69) is 15.8 Å². The molecule has 0 aliphatic heterocycles. The molecule has 0 rings (SSSR count). The van der Waals surface area contributed by atoms with Crippen molar-refractivity contribution in [2.45, 2.75) is 13.8 Å². The molecule has 72 valence electrons. The van der Waals surface area contributed by atoms with Crippen molar-refractivity contribution in [2.24, 2.45) is 0 Å². The van der Waals surface area contributed by atoms with Crippen LogP contribution in [0.1, 0.15) is 13.8 Å². The molecule has 13 heavy (non-hydrogen) atoms. The molecule has 0 fully saturated rings. The van der Waals surface area contributed by atoms with E-state index in [1.807, 2.05) is 0 Å². The van der Waals surface area contributed by atoms with Gasteiger partial charge in [-0.1, -0.05) is 10.9 Å². The molecule has 0 saturated heterocycles. The molecule has 0 heterocycles. The van der Waals surface area contributed by atoms with Gasteiger partial charge >= 0.3 is 67.5 Å². The van der Waals surface area contributed by atoms with E-state index in [0.29, 0.717) is 0 Å². The van der Waals surface area contributed by atoms with Crippen LogP contribution >= 0.6 is 0 Å². The maximum atomic E-state index is 10.6. The van der Waals surface area contributed by atoms with Crippen LogP contribution in [0.5, 0.6) is 0 Å². The first-order chi connectivity index (χ1) is 5.39. The Morgan fingerprint density at radius 1 is 1.46 bits per heavy atom. The van der Waals surface area contributed by atoms with Crippen molar-refractivity contribution < 1.29 is 22.4 Å². The van der Waals surface area contributed by atoms with Gasteiger partial charge in [0.25, 0.3) is 0 Å². The van der Waals surface area contributed by atoms with E-state index in [0.717, 1.165) is 0 Å². The molecule has 0 spiro atoms. The normalized spacial score (nSPS) is 10.0. The van der Waals surface area contributed by atoms with Gasteiger partial charge in [0, 0.05) is 5.57 Å². The zero-order valence-electron chi connectivity index (χ0n) is 6.86. The van der Waals surface area contributed by atoms with Gasteiger partial charge in [0.1, 0.15) is 0 Å². The van der Waals surface area contributed by atoms with Crippen molar-refractivity contribution in [3.63, 3.8) is 0 Å². The van der Waals surface area contributed by atoms with Gasteiger partial charge in [-0.15, -0.1) is 0 Å². The predicted octanol–water partition coefficient (Wildman–Crippen LogP) is -0.262. The molecule has 0 aromatic heterocycles.